The Bertz CT molecular complexity index is 395. The lowest BCUT2D eigenvalue weighted by Gasteiger charge is -2.21. The van der Waals surface area contributed by atoms with Gasteiger partial charge in [-0.2, -0.15) is 0 Å². The van der Waals surface area contributed by atoms with E-state index >= 15 is 0 Å². The van der Waals surface area contributed by atoms with Crippen LogP contribution < -0.4 is 0 Å². The van der Waals surface area contributed by atoms with Gasteiger partial charge < -0.3 is 4.74 Å². The SMILES string of the molecule is Cc1cccc(C(=O)C2CCOCC2)c1I. The van der Waals surface area contributed by atoms with Crippen molar-refractivity contribution in [3.05, 3.63) is 32.9 Å². The molecule has 3 heteroatoms. The number of carbonyl (C=O) groups is 1. The average molecular weight is 330 g/mol. The summed E-state index contributed by atoms with van der Waals surface area (Å²) in [6.45, 7) is 3.49. The number of aryl methyl sites for hydroxylation is 1. The van der Waals surface area contributed by atoms with Crippen molar-refractivity contribution in [2.75, 3.05) is 13.2 Å². The van der Waals surface area contributed by atoms with Crippen molar-refractivity contribution in [2.24, 2.45) is 5.92 Å². The van der Waals surface area contributed by atoms with Crippen LogP contribution in [0.1, 0.15) is 28.8 Å². The van der Waals surface area contributed by atoms with Gasteiger partial charge in [0.1, 0.15) is 0 Å². The molecule has 0 radical (unpaired) electrons. The van der Waals surface area contributed by atoms with Gasteiger partial charge in [-0.05, 0) is 47.9 Å². The standard InChI is InChI=1S/C13H15IO2/c1-9-3-2-4-11(12(9)14)13(15)10-5-7-16-8-6-10/h2-4,10H,5-8H2,1H3. The topological polar surface area (TPSA) is 26.3 Å². The first-order valence-corrected chi connectivity index (χ1v) is 6.65. The summed E-state index contributed by atoms with van der Waals surface area (Å²) in [6.07, 6.45) is 1.73. The molecule has 0 bridgehead atoms. The van der Waals surface area contributed by atoms with Crippen LogP contribution in [0.25, 0.3) is 0 Å². The van der Waals surface area contributed by atoms with Crippen LogP contribution in [0.15, 0.2) is 18.2 Å². The average Bonchev–Trinajstić information content (AvgIpc) is 2.33. The summed E-state index contributed by atoms with van der Waals surface area (Å²) < 4.78 is 6.38. The number of carbonyl (C=O) groups excluding carboxylic acids is 1. The number of ketones is 1. The van der Waals surface area contributed by atoms with Crippen LogP contribution in [0, 0.1) is 16.4 Å². The number of hydrogen-bond donors (Lipinski definition) is 0. The highest BCUT2D eigenvalue weighted by molar-refractivity contribution is 14.1. The second-order valence-corrected chi connectivity index (χ2v) is 5.27. The molecule has 86 valence electrons. The lowest BCUT2D eigenvalue weighted by Crippen LogP contribution is -2.24. The molecule has 1 fully saturated rings. The van der Waals surface area contributed by atoms with Crippen molar-refractivity contribution in [3.8, 4) is 0 Å². The summed E-state index contributed by atoms with van der Waals surface area (Å²) in [5.74, 6) is 0.445. The second kappa shape index (κ2) is 5.27. The molecule has 0 aromatic heterocycles. The van der Waals surface area contributed by atoms with Crippen molar-refractivity contribution in [1.29, 1.82) is 0 Å². The molecule has 0 atom stereocenters. The Balaban J connectivity index is 2.22. The van der Waals surface area contributed by atoms with Gasteiger partial charge in [-0.25, -0.2) is 0 Å². The number of rotatable bonds is 2. The van der Waals surface area contributed by atoms with Gasteiger partial charge in [-0.3, -0.25) is 4.79 Å². The van der Waals surface area contributed by atoms with Crippen molar-refractivity contribution >= 4 is 28.4 Å². The molecular weight excluding hydrogens is 315 g/mol. The van der Waals surface area contributed by atoms with Crippen molar-refractivity contribution in [2.45, 2.75) is 19.8 Å². The van der Waals surface area contributed by atoms with E-state index in [1.807, 2.05) is 25.1 Å². The zero-order chi connectivity index (χ0) is 11.5. The maximum atomic E-state index is 12.3. The summed E-state index contributed by atoms with van der Waals surface area (Å²) in [4.78, 5) is 12.3. The first kappa shape index (κ1) is 12.0. The van der Waals surface area contributed by atoms with E-state index in [1.165, 1.54) is 5.56 Å². The molecule has 1 aromatic carbocycles. The first-order valence-electron chi connectivity index (χ1n) is 5.57. The van der Waals surface area contributed by atoms with Gasteiger partial charge in [0.25, 0.3) is 0 Å². The Kier molecular flexibility index (Phi) is 3.97. The molecule has 1 heterocycles. The van der Waals surface area contributed by atoms with Crippen LogP contribution >= 0.6 is 22.6 Å². The quantitative estimate of drug-likeness (QED) is 0.615. The summed E-state index contributed by atoms with van der Waals surface area (Å²) in [5.41, 5.74) is 2.06. The number of hydrogen-bond acceptors (Lipinski definition) is 2. The minimum Gasteiger partial charge on any atom is -0.381 e. The van der Waals surface area contributed by atoms with Gasteiger partial charge in [-0.15, -0.1) is 0 Å². The monoisotopic (exact) mass is 330 g/mol. The third kappa shape index (κ3) is 2.46. The molecular formula is C13H15IO2. The lowest BCUT2D eigenvalue weighted by molar-refractivity contribution is 0.0544. The second-order valence-electron chi connectivity index (χ2n) is 4.19. The van der Waals surface area contributed by atoms with Gasteiger partial charge in [0.05, 0.1) is 0 Å². The zero-order valence-electron chi connectivity index (χ0n) is 9.33. The van der Waals surface area contributed by atoms with E-state index in [-0.39, 0.29) is 11.7 Å². The summed E-state index contributed by atoms with van der Waals surface area (Å²) >= 11 is 2.26. The van der Waals surface area contributed by atoms with Crippen LogP contribution in [0.2, 0.25) is 0 Å². The summed E-state index contributed by atoms with van der Waals surface area (Å²) in [7, 11) is 0. The molecule has 0 aliphatic carbocycles. The van der Waals surface area contributed by atoms with Crippen LogP contribution in [0.5, 0.6) is 0 Å². The number of Topliss-reactive ketones (excluding diaryl/α,β-unsaturated/α-hetero) is 1. The van der Waals surface area contributed by atoms with E-state index in [0.717, 1.165) is 35.2 Å². The molecule has 2 nitrogen and oxygen atoms in total. The highest BCUT2D eigenvalue weighted by atomic mass is 127. The molecule has 0 amide bonds. The maximum absolute atomic E-state index is 12.3. The Labute approximate surface area is 110 Å². The largest absolute Gasteiger partial charge is 0.381 e. The predicted octanol–water partition coefficient (Wildman–Crippen LogP) is 3.21. The van der Waals surface area contributed by atoms with Crippen LogP contribution in [0.3, 0.4) is 0 Å². The van der Waals surface area contributed by atoms with Crippen LogP contribution in [0.4, 0.5) is 0 Å². The van der Waals surface area contributed by atoms with Crippen molar-refractivity contribution < 1.29 is 9.53 Å². The molecule has 1 aliphatic heterocycles. The molecule has 1 aromatic rings. The van der Waals surface area contributed by atoms with Gasteiger partial charge >= 0.3 is 0 Å². The fourth-order valence-corrected chi connectivity index (χ4v) is 2.64. The van der Waals surface area contributed by atoms with E-state index in [2.05, 4.69) is 22.6 Å². The summed E-state index contributed by atoms with van der Waals surface area (Å²) in [6, 6.07) is 5.94. The van der Waals surface area contributed by atoms with Gasteiger partial charge in [0.2, 0.25) is 0 Å². The number of halogens is 1. The van der Waals surface area contributed by atoms with Crippen molar-refractivity contribution in [3.63, 3.8) is 0 Å². The molecule has 16 heavy (non-hydrogen) atoms. The van der Waals surface area contributed by atoms with Gasteiger partial charge in [0.15, 0.2) is 5.78 Å². The van der Waals surface area contributed by atoms with E-state index < -0.39 is 0 Å². The minimum absolute atomic E-state index is 0.157. The smallest absolute Gasteiger partial charge is 0.167 e. The number of benzene rings is 1. The number of ether oxygens (including phenoxy) is 1. The summed E-state index contributed by atoms with van der Waals surface area (Å²) in [5, 5.41) is 0. The Morgan fingerprint density at radius 3 is 2.75 bits per heavy atom. The zero-order valence-corrected chi connectivity index (χ0v) is 11.5. The van der Waals surface area contributed by atoms with E-state index in [4.69, 9.17) is 4.74 Å². The third-order valence-electron chi connectivity index (χ3n) is 3.05. The van der Waals surface area contributed by atoms with Crippen LogP contribution in [-0.4, -0.2) is 19.0 Å². The molecule has 1 saturated heterocycles. The van der Waals surface area contributed by atoms with E-state index in [0.29, 0.717) is 0 Å². The van der Waals surface area contributed by atoms with Gasteiger partial charge in [0, 0.05) is 28.3 Å². The van der Waals surface area contributed by atoms with Crippen LogP contribution in [-0.2, 0) is 4.74 Å². The minimum atomic E-state index is 0.157. The normalized spacial score (nSPS) is 17.4. The lowest BCUT2D eigenvalue weighted by atomic mass is 9.90. The molecule has 2 rings (SSSR count). The third-order valence-corrected chi connectivity index (χ3v) is 4.48. The Hall–Kier alpha value is -0.420. The van der Waals surface area contributed by atoms with Gasteiger partial charge in [-0.1, -0.05) is 18.2 Å². The van der Waals surface area contributed by atoms with Crippen molar-refractivity contribution in [1.82, 2.24) is 0 Å². The Morgan fingerprint density at radius 1 is 1.38 bits per heavy atom. The molecule has 0 spiro atoms. The highest BCUT2D eigenvalue weighted by Gasteiger charge is 2.24. The molecule has 1 aliphatic rings. The highest BCUT2D eigenvalue weighted by Crippen LogP contribution is 2.24. The van der Waals surface area contributed by atoms with E-state index in [9.17, 15) is 4.79 Å². The predicted molar refractivity (Wildman–Crippen MR) is 71.8 cm³/mol. The fourth-order valence-electron chi connectivity index (χ4n) is 2.02. The first-order chi connectivity index (χ1) is 7.70. The van der Waals surface area contributed by atoms with E-state index in [1.54, 1.807) is 0 Å². The maximum Gasteiger partial charge on any atom is 0.167 e. The molecule has 0 N–H and O–H groups in total. The fraction of sp³-hybridized carbons (Fsp3) is 0.462. The Morgan fingerprint density at radius 2 is 2.06 bits per heavy atom. The molecule has 0 saturated carbocycles. The molecule has 0 unspecified atom stereocenters.